The number of aliphatic hydroxyl groups excluding tert-OH is 1. The number of fused-ring (bicyclic) bond motifs is 2. The largest absolute Gasteiger partial charge is 0.392 e. The number of carbonyl (C=O) groups excluding carboxylic acids is 1. The lowest BCUT2D eigenvalue weighted by Gasteiger charge is -2.31. The molecule has 10 nitrogen and oxygen atoms in total. The maximum atomic E-state index is 13.5. The van der Waals surface area contributed by atoms with Crippen LogP contribution in [0.4, 0.5) is 17.2 Å². The van der Waals surface area contributed by atoms with Crippen molar-refractivity contribution in [2.75, 3.05) is 36.8 Å². The van der Waals surface area contributed by atoms with Crippen molar-refractivity contribution in [3.63, 3.8) is 0 Å². The van der Waals surface area contributed by atoms with Crippen molar-refractivity contribution in [1.29, 1.82) is 0 Å². The highest BCUT2D eigenvalue weighted by atomic mass is 35.5. The number of rotatable bonds is 8. The average molecular weight is 698 g/mol. The summed E-state index contributed by atoms with van der Waals surface area (Å²) in [4.78, 5) is 27.6. The zero-order valence-electron chi connectivity index (χ0n) is 27.1. The highest BCUT2D eigenvalue weighted by Crippen LogP contribution is 2.41. The van der Waals surface area contributed by atoms with E-state index in [2.05, 4.69) is 36.6 Å². The summed E-state index contributed by atoms with van der Waals surface area (Å²) in [5.41, 5.74) is 5.86. The van der Waals surface area contributed by atoms with Gasteiger partial charge in [-0.15, -0.1) is 0 Å². The number of hydrogen-bond acceptors (Lipinski definition) is 8. The number of likely N-dealkylation sites (tertiary alicyclic amines) is 2. The second-order valence-corrected chi connectivity index (χ2v) is 14.0. The molecule has 5 aromatic rings. The number of aliphatic hydroxyl groups is 1. The molecule has 3 aromatic heterocycles. The molecule has 3 aliphatic rings. The number of nitrogens with one attached hydrogen (secondary N) is 2. The lowest BCUT2D eigenvalue weighted by molar-refractivity contribution is 0.102. The minimum Gasteiger partial charge on any atom is -0.392 e. The second kappa shape index (κ2) is 13.7. The third-order valence-corrected chi connectivity index (χ3v) is 10.7. The summed E-state index contributed by atoms with van der Waals surface area (Å²) < 4.78 is 2.00. The van der Waals surface area contributed by atoms with E-state index in [9.17, 15) is 9.90 Å². The van der Waals surface area contributed by atoms with Crippen LogP contribution in [-0.2, 0) is 13.1 Å². The molecule has 252 valence electrons. The Morgan fingerprint density at radius 3 is 2.45 bits per heavy atom. The molecule has 0 radical (unpaired) electrons. The van der Waals surface area contributed by atoms with Gasteiger partial charge in [-0.05, 0) is 81.1 Å². The topological polar surface area (TPSA) is 111 Å². The van der Waals surface area contributed by atoms with Crippen LogP contribution >= 0.6 is 23.2 Å². The van der Waals surface area contributed by atoms with Crippen LogP contribution in [0.15, 0.2) is 67.0 Å². The molecule has 49 heavy (non-hydrogen) atoms. The Kier molecular flexibility index (Phi) is 8.98. The molecular formula is C37H38Cl2N8O2. The van der Waals surface area contributed by atoms with Crippen molar-refractivity contribution in [2.45, 2.75) is 57.3 Å². The molecule has 2 saturated heterocycles. The molecular weight excluding hydrogens is 659 g/mol. The van der Waals surface area contributed by atoms with E-state index in [0.29, 0.717) is 56.6 Å². The number of carbonyl (C=O) groups is 1. The van der Waals surface area contributed by atoms with Gasteiger partial charge in [0, 0.05) is 55.1 Å². The molecule has 8 rings (SSSR count). The van der Waals surface area contributed by atoms with Gasteiger partial charge < -0.3 is 15.7 Å². The number of halogens is 2. The molecule has 3 aliphatic heterocycles. The number of benzene rings is 2. The van der Waals surface area contributed by atoms with Crippen LogP contribution in [0.2, 0.25) is 10.0 Å². The standard InChI is InChI=1S/C37H38Cl2N8O2/c38-33-26(6-3-8-28(33)42-36-35-24(11-13-40-36)18-23(20-41-35)21-45-17-12-25(48)22-45)27-7-4-9-29(34(27)39)43-37(49)30-19-32-31(46-14-1-2-15-46)10-5-16-47(32)44-30/h3-4,6-9,11,13,18-20,25,31,48H,1-2,5,10,12,14-17,21-22H2,(H,40,42)(H,43,49)/t25-,31?/m1/s1. The Bertz CT molecular complexity index is 2030. The fourth-order valence-electron chi connectivity index (χ4n) is 7.48. The van der Waals surface area contributed by atoms with E-state index in [1.54, 1.807) is 12.3 Å². The third-order valence-electron chi connectivity index (χ3n) is 9.91. The molecule has 2 atom stereocenters. The summed E-state index contributed by atoms with van der Waals surface area (Å²) in [6.45, 7) is 5.32. The number of amides is 1. The predicted molar refractivity (Wildman–Crippen MR) is 194 cm³/mol. The molecule has 2 aromatic carbocycles. The van der Waals surface area contributed by atoms with E-state index in [1.165, 1.54) is 12.8 Å². The molecule has 1 unspecified atom stereocenters. The summed E-state index contributed by atoms with van der Waals surface area (Å²) in [5, 5.41) is 22.8. The Labute approximate surface area is 295 Å². The maximum absolute atomic E-state index is 13.5. The number of anilines is 3. The molecule has 0 bridgehead atoms. The summed E-state index contributed by atoms with van der Waals surface area (Å²) >= 11 is 14.0. The zero-order valence-corrected chi connectivity index (χ0v) is 28.6. The van der Waals surface area contributed by atoms with Crippen molar-refractivity contribution < 1.29 is 9.90 Å². The first-order chi connectivity index (χ1) is 23.9. The van der Waals surface area contributed by atoms with E-state index >= 15 is 0 Å². The van der Waals surface area contributed by atoms with Gasteiger partial charge in [0.05, 0.1) is 39.3 Å². The van der Waals surface area contributed by atoms with Gasteiger partial charge in [-0.25, -0.2) is 4.98 Å². The van der Waals surface area contributed by atoms with E-state index < -0.39 is 0 Å². The zero-order chi connectivity index (χ0) is 33.5. The van der Waals surface area contributed by atoms with Gasteiger partial charge in [-0.3, -0.25) is 24.3 Å². The molecule has 3 N–H and O–H groups in total. The van der Waals surface area contributed by atoms with Gasteiger partial charge in [0.15, 0.2) is 11.5 Å². The van der Waals surface area contributed by atoms with Crippen LogP contribution in [0.25, 0.3) is 22.0 Å². The van der Waals surface area contributed by atoms with Gasteiger partial charge in [-0.2, -0.15) is 5.10 Å². The Balaban J connectivity index is 1.02. The van der Waals surface area contributed by atoms with E-state index in [0.717, 1.165) is 74.1 Å². The predicted octanol–water partition coefficient (Wildman–Crippen LogP) is 7.29. The highest BCUT2D eigenvalue weighted by Gasteiger charge is 2.31. The average Bonchev–Trinajstić information content (AvgIpc) is 3.88. The smallest absolute Gasteiger partial charge is 0.276 e. The Morgan fingerprint density at radius 1 is 0.898 bits per heavy atom. The molecule has 2 fully saturated rings. The van der Waals surface area contributed by atoms with Gasteiger partial charge >= 0.3 is 0 Å². The fraction of sp³-hybridized carbons (Fsp3) is 0.351. The monoisotopic (exact) mass is 696 g/mol. The number of aryl methyl sites for hydroxylation is 1. The van der Waals surface area contributed by atoms with Crippen molar-refractivity contribution in [3.8, 4) is 11.1 Å². The van der Waals surface area contributed by atoms with Gasteiger partial charge in [-0.1, -0.05) is 47.5 Å². The van der Waals surface area contributed by atoms with Crippen molar-refractivity contribution in [1.82, 2.24) is 29.5 Å². The van der Waals surface area contributed by atoms with E-state index in [-0.39, 0.29) is 12.0 Å². The van der Waals surface area contributed by atoms with Crippen molar-refractivity contribution >= 4 is 57.2 Å². The van der Waals surface area contributed by atoms with Crippen LogP contribution < -0.4 is 10.6 Å². The lowest BCUT2D eigenvalue weighted by atomic mass is 10.0. The first kappa shape index (κ1) is 32.2. The number of aromatic nitrogens is 4. The Morgan fingerprint density at radius 2 is 1.67 bits per heavy atom. The van der Waals surface area contributed by atoms with Crippen LogP contribution in [-0.4, -0.2) is 72.8 Å². The number of β-amino-alcohol motifs (C(OH)–C–C–N with tert-alkyl or cyclic N) is 1. The third kappa shape index (κ3) is 6.51. The number of hydrogen-bond donors (Lipinski definition) is 3. The summed E-state index contributed by atoms with van der Waals surface area (Å²) in [6.07, 6.45) is 8.75. The molecule has 0 aliphatic carbocycles. The van der Waals surface area contributed by atoms with E-state index in [4.69, 9.17) is 28.2 Å². The lowest BCUT2D eigenvalue weighted by Crippen LogP contribution is -2.30. The number of nitrogens with zero attached hydrogens (tertiary/aromatic N) is 6. The normalized spacial score (nSPS) is 19.7. The minimum atomic E-state index is -0.293. The summed E-state index contributed by atoms with van der Waals surface area (Å²) in [6, 6.07) is 17.5. The van der Waals surface area contributed by atoms with Crippen molar-refractivity contribution in [2.24, 2.45) is 0 Å². The number of pyridine rings is 2. The molecule has 0 spiro atoms. The molecule has 0 saturated carbocycles. The quantitative estimate of drug-likeness (QED) is 0.155. The van der Waals surface area contributed by atoms with Crippen LogP contribution in [0.3, 0.4) is 0 Å². The molecule has 12 heteroatoms. The van der Waals surface area contributed by atoms with Gasteiger partial charge in [0.25, 0.3) is 5.91 Å². The van der Waals surface area contributed by atoms with Crippen LogP contribution in [0, 0.1) is 0 Å². The highest BCUT2D eigenvalue weighted by molar-refractivity contribution is 6.39. The maximum Gasteiger partial charge on any atom is 0.276 e. The second-order valence-electron chi connectivity index (χ2n) is 13.2. The molecule has 6 heterocycles. The van der Waals surface area contributed by atoms with Gasteiger partial charge in [0.1, 0.15) is 5.52 Å². The summed E-state index contributed by atoms with van der Waals surface area (Å²) in [5.74, 6) is 0.292. The minimum absolute atomic E-state index is 0.259. The fourth-order valence-corrected chi connectivity index (χ4v) is 8.03. The van der Waals surface area contributed by atoms with Crippen LogP contribution in [0.1, 0.15) is 59.9 Å². The SMILES string of the molecule is O=C(Nc1cccc(-c2cccc(Nc3nccc4cc(CN5CC[C@@H](O)C5)cnc34)c2Cl)c1Cl)c1cc2n(n1)CCCC2N1CCCC1. The first-order valence-corrected chi connectivity index (χ1v) is 17.8. The molecule has 1 amide bonds. The first-order valence-electron chi connectivity index (χ1n) is 17.0. The Hall–Kier alpha value is -4.06. The van der Waals surface area contributed by atoms with Gasteiger partial charge in [0.2, 0.25) is 0 Å². The summed E-state index contributed by atoms with van der Waals surface area (Å²) in [7, 11) is 0. The van der Waals surface area contributed by atoms with Crippen LogP contribution in [0.5, 0.6) is 0 Å². The van der Waals surface area contributed by atoms with E-state index in [1.807, 2.05) is 53.3 Å². The van der Waals surface area contributed by atoms with Crippen molar-refractivity contribution in [3.05, 3.63) is 94.0 Å².